The zero-order valence-electron chi connectivity index (χ0n) is 10.8. The van der Waals surface area contributed by atoms with Crippen molar-refractivity contribution in [3.05, 3.63) is 34.1 Å². The van der Waals surface area contributed by atoms with Gasteiger partial charge in [-0.3, -0.25) is 10.1 Å². The minimum Gasteiger partial charge on any atom is -0.478 e. The molecule has 0 aliphatic rings. The van der Waals surface area contributed by atoms with Crippen molar-refractivity contribution in [2.75, 3.05) is 11.1 Å². The molecule has 2 N–H and O–H groups in total. The van der Waals surface area contributed by atoms with Gasteiger partial charge in [0, 0.05) is 16.3 Å². The van der Waals surface area contributed by atoms with Crippen LogP contribution in [0.5, 0.6) is 0 Å². The summed E-state index contributed by atoms with van der Waals surface area (Å²) in [5, 5.41) is 18.7. The molecule has 7 nitrogen and oxygen atoms in total. The van der Waals surface area contributed by atoms with Gasteiger partial charge < -0.3 is 9.52 Å². The van der Waals surface area contributed by atoms with Crippen molar-refractivity contribution in [3.8, 4) is 0 Å². The van der Waals surface area contributed by atoms with E-state index in [0.717, 1.165) is 0 Å². The summed E-state index contributed by atoms with van der Waals surface area (Å²) in [6.45, 7) is 1.62. The third-order valence-electron chi connectivity index (χ3n) is 2.31. The molecule has 0 spiro atoms. The number of carbonyl (C=O) groups is 2. The Hall–Kier alpha value is -1.87. The van der Waals surface area contributed by atoms with E-state index in [1.54, 1.807) is 19.1 Å². The van der Waals surface area contributed by atoms with Gasteiger partial charge >= 0.3 is 12.0 Å². The number of nitrogens with one attached hydrogen (secondary N) is 1. The lowest BCUT2D eigenvalue weighted by molar-refractivity contribution is -0.113. The summed E-state index contributed by atoms with van der Waals surface area (Å²) in [5.41, 5.74) is 0.146. The number of benzene rings is 1. The molecule has 9 heteroatoms. The van der Waals surface area contributed by atoms with Gasteiger partial charge in [-0.25, -0.2) is 4.79 Å². The van der Waals surface area contributed by atoms with Crippen LogP contribution in [0, 0.1) is 6.92 Å². The molecule has 0 aliphatic carbocycles. The predicted octanol–water partition coefficient (Wildman–Crippen LogP) is 2.57. The normalized spacial score (nSPS) is 10.4. The molecule has 1 aromatic carbocycles. The standard InChI is InChI=1S/C12H10BrN3O4S/c1-6-15-16-12(20-6)14-10(17)5-21-7-2-3-9(13)8(4-7)11(18)19/h2-4H,5H2,1H3,(H,18,19)(H,14,16,17). The number of hydrogen-bond donors (Lipinski definition) is 2. The topological polar surface area (TPSA) is 105 Å². The Morgan fingerprint density at radius 1 is 1.43 bits per heavy atom. The molecule has 0 saturated carbocycles. The van der Waals surface area contributed by atoms with Crippen LogP contribution in [0.25, 0.3) is 0 Å². The number of thioether (sulfide) groups is 1. The summed E-state index contributed by atoms with van der Waals surface area (Å²) < 4.78 is 5.52. The van der Waals surface area contributed by atoms with E-state index < -0.39 is 5.97 Å². The average molecular weight is 372 g/mol. The van der Waals surface area contributed by atoms with E-state index in [9.17, 15) is 9.59 Å². The summed E-state index contributed by atoms with van der Waals surface area (Å²) >= 11 is 4.37. The molecule has 1 amide bonds. The average Bonchev–Trinajstić information content (AvgIpc) is 2.82. The Balaban J connectivity index is 1.95. The maximum absolute atomic E-state index is 11.7. The predicted molar refractivity (Wildman–Crippen MR) is 79.5 cm³/mol. The fourth-order valence-electron chi connectivity index (χ4n) is 1.41. The van der Waals surface area contributed by atoms with Crippen LogP contribution >= 0.6 is 27.7 Å². The number of amides is 1. The van der Waals surface area contributed by atoms with Crippen molar-refractivity contribution < 1.29 is 19.1 Å². The van der Waals surface area contributed by atoms with Gasteiger partial charge in [0.15, 0.2) is 0 Å². The molecule has 0 radical (unpaired) electrons. The SMILES string of the molecule is Cc1nnc(NC(=O)CSc2ccc(Br)c(C(=O)O)c2)o1. The quantitative estimate of drug-likeness (QED) is 0.777. The first-order chi connectivity index (χ1) is 9.95. The van der Waals surface area contributed by atoms with Gasteiger partial charge in [0.05, 0.1) is 11.3 Å². The number of aryl methyl sites for hydroxylation is 1. The van der Waals surface area contributed by atoms with E-state index in [2.05, 4.69) is 31.4 Å². The van der Waals surface area contributed by atoms with Crippen LogP contribution in [0.4, 0.5) is 6.01 Å². The Morgan fingerprint density at radius 3 is 2.81 bits per heavy atom. The third kappa shape index (κ3) is 4.30. The molecule has 0 aliphatic heterocycles. The zero-order valence-corrected chi connectivity index (χ0v) is 13.2. The van der Waals surface area contributed by atoms with Crippen molar-refractivity contribution in [3.63, 3.8) is 0 Å². The molecule has 0 saturated heterocycles. The maximum atomic E-state index is 11.7. The molecule has 110 valence electrons. The molecule has 0 atom stereocenters. The van der Waals surface area contributed by atoms with Gasteiger partial charge in [0.2, 0.25) is 11.8 Å². The first kappa shape index (κ1) is 15.5. The second-order valence-corrected chi connectivity index (χ2v) is 5.81. The molecule has 0 fully saturated rings. The molecular formula is C12H10BrN3O4S. The van der Waals surface area contributed by atoms with Crippen molar-refractivity contribution in [2.45, 2.75) is 11.8 Å². The van der Waals surface area contributed by atoms with Gasteiger partial charge in [-0.15, -0.1) is 16.9 Å². The smallest absolute Gasteiger partial charge is 0.336 e. The molecule has 1 heterocycles. The second-order valence-electron chi connectivity index (χ2n) is 3.91. The number of anilines is 1. The maximum Gasteiger partial charge on any atom is 0.336 e. The molecule has 0 bridgehead atoms. The fraction of sp³-hybridized carbons (Fsp3) is 0.167. The molecule has 2 rings (SSSR count). The van der Waals surface area contributed by atoms with Gasteiger partial charge in [-0.2, -0.15) is 0 Å². The lowest BCUT2D eigenvalue weighted by Crippen LogP contribution is -2.14. The van der Waals surface area contributed by atoms with Gasteiger partial charge in [-0.1, -0.05) is 5.10 Å². The Labute approximate surface area is 132 Å². The van der Waals surface area contributed by atoms with Crippen molar-refractivity contribution in [1.29, 1.82) is 0 Å². The van der Waals surface area contributed by atoms with Crippen LogP contribution in [0.1, 0.15) is 16.2 Å². The highest BCUT2D eigenvalue weighted by Gasteiger charge is 2.11. The van der Waals surface area contributed by atoms with Crippen LogP contribution in [0.2, 0.25) is 0 Å². The van der Waals surface area contributed by atoms with E-state index >= 15 is 0 Å². The molecule has 2 aromatic rings. The summed E-state index contributed by atoms with van der Waals surface area (Å²) in [4.78, 5) is 23.4. The number of aromatic carboxylic acids is 1. The highest BCUT2D eigenvalue weighted by atomic mass is 79.9. The van der Waals surface area contributed by atoms with Crippen molar-refractivity contribution >= 4 is 45.6 Å². The molecule has 21 heavy (non-hydrogen) atoms. The lowest BCUT2D eigenvalue weighted by Gasteiger charge is -2.04. The van der Waals surface area contributed by atoms with Crippen molar-refractivity contribution in [1.82, 2.24) is 10.2 Å². The zero-order chi connectivity index (χ0) is 15.4. The van der Waals surface area contributed by atoms with Crippen LogP contribution in [0.15, 0.2) is 32.0 Å². The number of carbonyl (C=O) groups excluding carboxylic acids is 1. The van der Waals surface area contributed by atoms with Crippen LogP contribution in [-0.2, 0) is 4.79 Å². The highest BCUT2D eigenvalue weighted by molar-refractivity contribution is 9.10. The molecule has 0 unspecified atom stereocenters. The number of rotatable bonds is 5. The molecular weight excluding hydrogens is 362 g/mol. The summed E-state index contributed by atoms with van der Waals surface area (Å²) in [6.07, 6.45) is 0. The molecule has 1 aromatic heterocycles. The third-order valence-corrected chi connectivity index (χ3v) is 4.00. The first-order valence-corrected chi connectivity index (χ1v) is 7.49. The Morgan fingerprint density at radius 2 is 2.19 bits per heavy atom. The Kier molecular flexibility index (Phi) is 4.97. The number of halogens is 1. The summed E-state index contributed by atoms with van der Waals surface area (Å²) in [7, 11) is 0. The number of carboxylic acids is 1. The van der Waals surface area contributed by atoms with E-state index in [-0.39, 0.29) is 23.2 Å². The number of carboxylic acid groups (broad SMARTS) is 1. The van der Waals surface area contributed by atoms with E-state index in [4.69, 9.17) is 9.52 Å². The van der Waals surface area contributed by atoms with Crippen molar-refractivity contribution in [2.24, 2.45) is 0 Å². The largest absolute Gasteiger partial charge is 0.478 e. The highest BCUT2D eigenvalue weighted by Crippen LogP contribution is 2.25. The lowest BCUT2D eigenvalue weighted by atomic mass is 10.2. The number of aromatic nitrogens is 2. The summed E-state index contributed by atoms with van der Waals surface area (Å²) in [5.74, 6) is -0.891. The van der Waals surface area contributed by atoms with E-state index in [1.165, 1.54) is 17.8 Å². The minimum atomic E-state index is -1.03. The van der Waals surface area contributed by atoms with Gasteiger partial charge in [-0.05, 0) is 34.1 Å². The van der Waals surface area contributed by atoms with Crippen LogP contribution in [0.3, 0.4) is 0 Å². The number of hydrogen-bond acceptors (Lipinski definition) is 6. The Bertz CT molecular complexity index is 689. The van der Waals surface area contributed by atoms with Crippen LogP contribution in [-0.4, -0.2) is 32.9 Å². The van der Waals surface area contributed by atoms with Crippen LogP contribution < -0.4 is 5.32 Å². The van der Waals surface area contributed by atoms with E-state index in [0.29, 0.717) is 15.3 Å². The minimum absolute atomic E-state index is 0.0418. The second kappa shape index (κ2) is 6.72. The van der Waals surface area contributed by atoms with Gasteiger partial charge in [0.1, 0.15) is 0 Å². The van der Waals surface area contributed by atoms with Gasteiger partial charge in [0.25, 0.3) is 0 Å². The number of nitrogens with zero attached hydrogens (tertiary/aromatic N) is 2. The first-order valence-electron chi connectivity index (χ1n) is 5.71. The fourth-order valence-corrected chi connectivity index (χ4v) is 2.56. The van der Waals surface area contributed by atoms with E-state index in [1.807, 2.05) is 0 Å². The summed E-state index contributed by atoms with van der Waals surface area (Å²) in [6, 6.07) is 4.90. The monoisotopic (exact) mass is 371 g/mol.